The number of aliphatic carboxylic acids is 1. The van der Waals surface area contributed by atoms with E-state index in [1.807, 2.05) is 20.8 Å². The molecule has 1 aromatic carbocycles. The number of carbonyl (C=O) groups is 1. The maximum atomic E-state index is 12.8. The molecule has 7 heteroatoms. The number of alkyl halides is 3. The Morgan fingerprint density at radius 2 is 1.87 bits per heavy atom. The van der Waals surface area contributed by atoms with Crippen LogP contribution < -0.4 is 0 Å². The quantitative estimate of drug-likeness (QED) is 0.810. The maximum absolute atomic E-state index is 12.8. The number of carboxylic acid groups (broad SMARTS) is 1. The molecule has 1 fully saturated rings. The molecule has 0 bridgehead atoms. The van der Waals surface area contributed by atoms with Gasteiger partial charge in [-0.2, -0.15) is 13.2 Å². The molecule has 0 amide bonds. The van der Waals surface area contributed by atoms with Crippen molar-refractivity contribution >= 4 is 21.9 Å². The number of rotatable bonds is 2. The first-order chi connectivity index (χ1) is 10.4. The monoisotopic (exact) mass is 393 g/mol. The van der Waals surface area contributed by atoms with Crippen molar-refractivity contribution in [1.82, 2.24) is 4.90 Å². The van der Waals surface area contributed by atoms with E-state index in [2.05, 4.69) is 20.8 Å². The van der Waals surface area contributed by atoms with Gasteiger partial charge < -0.3 is 5.11 Å². The molecule has 3 nitrogen and oxygen atoms in total. The van der Waals surface area contributed by atoms with E-state index in [1.165, 1.54) is 6.07 Å². The zero-order chi connectivity index (χ0) is 17.6. The van der Waals surface area contributed by atoms with Crippen LogP contribution in [-0.4, -0.2) is 34.6 Å². The molecule has 1 N–H and O–H groups in total. The number of carboxylic acids is 1. The second kappa shape index (κ2) is 6.09. The molecule has 1 aromatic rings. The molecule has 2 rings (SSSR count). The summed E-state index contributed by atoms with van der Waals surface area (Å²) in [5, 5.41) is 9.48. The van der Waals surface area contributed by atoms with Gasteiger partial charge in [0.2, 0.25) is 0 Å². The Bertz CT molecular complexity index is 610. The van der Waals surface area contributed by atoms with Gasteiger partial charge in [0.1, 0.15) is 0 Å². The molecule has 2 atom stereocenters. The van der Waals surface area contributed by atoms with Crippen molar-refractivity contribution in [3.63, 3.8) is 0 Å². The van der Waals surface area contributed by atoms with Crippen molar-refractivity contribution in [1.29, 1.82) is 0 Å². The van der Waals surface area contributed by atoms with Gasteiger partial charge in [0, 0.05) is 29.0 Å². The predicted octanol–water partition coefficient (Wildman–Crippen LogP) is 4.37. The summed E-state index contributed by atoms with van der Waals surface area (Å²) in [7, 11) is 0. The Kier molecular flexibility index (Phi) is 4.84. The summed E-state index contributed by atoms with van der Waals surface area (Å²) in [6.45, 7) is 6.88. The van der Waals surface area contributed by atoms with Crippen molar-refractivity contribution < 1.29 is 23.1 Å². The van der Waals surface area contributed by atoms with Crippen molar-refractivity contribution in [2.75, 3.05) is 13.1 Å². The molecule has 1 heterocycles. The standard InChI is InChI=1S/C16H19BrF3NO2/c1-15(2,3)21-7-11(12(8-21)14(22)23)10-5-4-9(6-13(10)17)16(18,19)20/h4-6,11-12H,7-8H2,1-3H3,(H,22,23)/t11-,12+/m0/s1. The zero-order valence-corrected chi connectivity index (χ0v) is 14.7. The van der Waals surface area contributed by atoms with Crippen molar-refractivity contribution in [2.45, 2.75) is 38.4 Å². The van der Waals surface area contributed by atoms with Gasteiger partial charge in [0.25, 0.3) is 0 Å². The average molecular weight is 394 g/mol. The Morgan fingerprint density at radius 1 is 1.26 bits per heavy atom. The molecule has 0 aromatic heterocycles. The third-order valence-corrected chi connectivity index (χ3v) is 5.00. The molecule has 1 saturated heterocycles. The maximum Gasteiger partial charge on any atom is 0.416 e. The van der Waals surface area contributed by atoms with E-state index in [-0.39, 0.29) is 11.5 Å². The van der Waals surface area contributed by atoms with Crippen LogP contribution in [0.5, 0.6) is 0 Å². The number of benzene rings is 1. The van der Waals surface area contributed by atoms with Gasteiger partial charge in [-0.1, -0.05) is 22.0 Å². The summed E-state index contributed by atoms with van der Waals surface area (Å²) < 4.78 is 38.6. The van der Waals surface area contributed by atoms with E-state index in [4.69, 9.17) is 0 Å². The number of halogens is 4. The van der Waals surface area contributed by atoms with Gasteiger partial charge in [0.05, 0.1) is 11.5 Å². The van der Waals surface area contributed by atoms with Crippen molar-refractivity contribution in [3.8, 4) is 0 Å². The van der Waals surface area contributed by atoms with Crippen LogP contribution in [0, 0.1) is 5.92 Å². The SMILES string of the molecule is CC(C)(C)N1C[C@@H](C(=O)O)[C@H](c2ccc(C(F)(F)F)cc2Br)C1. The van der Waals surface area contributed by atoms with E-state index in [0.29, 0.717) is 23.1 Å². The largest absolute Gasteiger partial charge is 0.481 e. The summed E-state index contributed by atoms with van der Waals surface area (Å²) in [6, 6.07) is 3.42. The topological polar surface area (TPSA) is 40.5 Å². The van der Waals surface area contributed by atoms with E-state index in [1.54, 1.807) is 0 Å². The van der Waals surface area contributed by atoms with Gasteiger partial charge in [-0.3, -0.25) is 9.69 Å². The number of nitrogens with zero attached hydrogens (tertiary/aromatic N) is 1. The molecule has 23 heavy (non-hydrogen) atoms. The molecule has 0 saturated carbocycles. The predicted molar refractivity (Wildman–Crippen MR) is 84.3 cm³/mol. The fraction of sp³-hybridized carbons (Fsp3) is 0.562. The van der Waals surface area contributed by atoms with Crippen molar-refractivity contribution in [2.24, 2.45) is 5.92 Å². The third-order valence-electron chi connectivity index (χ3n) is 4.31. The van der Waals surface area contributed by atoms with Gasteiger partial charge >= 0.3 is 12.1 Å². The highest BCUT2D eigenvalue weighted by Crippen LogP contribution is 2.41. The van der Waals surface area contributed by atoms with Gasteiger partial charge in [-0.05, 0) is 38.5 Å². The lowest BCUT2D eigenvalue weighted by molar-refractivity contribution is -0.142. The minimum Gasteiger partial charge on any atom is -0.481 e. The fourth-order valence-corrected chi connectivity index (χ4v) is 3.59. The summed E-state index contributed by atoms with van der Waals surface area (Å²) in [6.07, 6.45) is -4.42. The minimum atomic E-state index is -4.42. The van der Waals surface area contributed by atoms with Crippen LogP contribution >= 0.6 is 15.9 Å². The van der Waals surface area contributed by atoms with E-state index >= 15 is 0 Å². The second-order valence-electron chi connectivity index (χ2n) is 6.86. The van der Waals surface area contributed by atoms with Crippen LogP contribution in [0.3, 0.4) is 0 Å². The highest BCUT2D eigenvalue weighted by molar-refractivity contribution is 9.10. The van der Waals surface area contributed by atoms with Crippen molar-refractivity contribution in [3.05, 3.63) is 33.8 Å². The Balaban J connectivity index is 2.37. The third kappa shape index (κ3) is 3.88. The molecule has 1 aliphatic heterocycles. The Labute approximate surface area is 141 Å². The second-order valence-corrected chi connectivity index (χ2v) is 7.72. The number of hydrogen-bond donors (Lipinski definition) is 1. The first-order valence-electron chi connectivity index (χ1n) is 7.25. The zero-order valence-electron chi connectivity index (χ0n) is 13.1. The van der Waals surface area contributed by atoms with Crippen LogP contribution in [0.2, 0.25) is 0 Å². The molecular formula is C16H19BrF3NO2. The molecule has 0 unspecified atom stereocenters. The smallest absolute Gasteiger partial charge is 0.416 e. The van der Waals surface area contributed by atoms with Gasteiger partial charge in [-0.25, -0.2) is 0 Å². The first-order valence-corrected chi connectivity index (χ1v) is 8.05. The van der Waals surface area contributed by atoms with E-state index in [9.17, 15) is 23.1 Å². The van der Waals surface area contributed by atoms with Crippen LogP contribution in [0.25, 0.3) is 0 Å². The average Bonchev–Trinajstić information content (AvgIpc) is 2.82. The highest BCUT2D eigenvalue weighted by Gasteiger charge is 2.43. The van der Waals surface area contributed by atoms with Crippen LogP contribution in [-0.2, 0) is 11.0 Å². The summed E-state index contributed by atoms with van der Waals surface area (Å²) >= 11 is 3.19. The summed E-state index contributed by atoms with van der Waals surface area (Å²) in [4.78, 5) is 13.6. The summed E-state index contributed by atoms with van der Waals surface area (Å²) in [5.41, 5.74) is -0.330. The molecule has 0 spiro atoms. The van der Waals surface area contributed by atoms with Gasteiger partial charge in [0.15, 0.2) is 0 Å². The molecule has 0 aliphatic carbocycles. The Morgan fingerprint density at radius 3 is 2.30 bits per heavy atom. The van der Waals surface area contributed by atoms with Gasteiger partial charge in [-0.15, -0.1) is 0 Å². The molecular weight excluding hydrogens is 375 g/mol. The summed E-state index contributed by atoms with van der Waals surface area (Å²) in [5.74, 6) is -1.90. The highest BCUT2D eigenvalue weighted by atomic mass is 79.9. The van der Waals surface area contributed by atoms with Crippen LogP contribution in [0.4, 0.5) is 13.2 Å². The number of hydrogen-bond acceptors (Lipinski definition) is 2. The lowest BCUT2D eigenvalue weighted by atomic mass is 9.88. The normalized spacial score (nSPS) is 23.3. The molecule has 128 valence electrons. The van der Waals surface area contributed by atoms with Crippen LogP contribution in [0.1, 0.15) is 37.8 Å². The fourth-order valence-electron chi connectivity index (χ4n) is 2.92. The Hall–Kier alpha value is -1.08. The van der Waals surface area contributed by atoms with E-state index in [0.717, 1.165) is 12.1 Å². The minimum absolute atomic E-state index is 0.194. The molecule has 1 aliphatic rings. The van der Waals surface area contributed by atoms with Crippen LogP contribution in [0.15, 0.2) is 22.7 Å². The first kappa shape index (κ1) is 18.3. The lowest BCUT2D eigenvalue weighted by Crippen LogP contribution is -2.40. The lowest BCUT2D eigenvalue weighted by Gasteiger charge is -2.31. The van der Waals surface area contributed by atoms with E-state index < -0.39 is 23.6 Å². The molecule has 0 radical (unpaired) electrons. The number of likely N-dealkylation sites (tertiary alicyclic amines) is 1.